The van der Waals surface area contributed by atoms with Gasteiger partial charge in [0, 0.05) is 16.0 Å². The maximum Gasteiger partial charge on any atom is 0.150 e. The van der Waals surface area contributed by atoms with Crippen LogP contribution in [0.4, 0.5) is 0 Å². The molecule has 4 rings (SSSR count). The molecule has 20 heavy (non-hydrogen) atoms. The predicted octanol–water partition coefficient (Wildman–Crippen LogP) is 4.32. The van der Waals surface area contributed by atoms with Gasteiger partial charge in [0.05, 0.1) is 0 Å². The van der Waals surface area contributed by atoms with Crippen molar-refractivity contribution in [2.24, 2.45) is 0 Å². The third-order valence-corrected chi connectivity index (χ3v) is 5.03. The molecule has 0 radical (unpaired) electrons. The van der Waals surface area contributed by atoms with Crippen LogP contribution >= 0.6 is 11.3 Å². The maximum atomic E-state index is 11.5. The predicted molar refractivity (Wildman–Crippen MR) is 83.0 cm³/mol. The van der Waals surface area contributed by atoms with Gasteiger partial charge < -0.3 is 5.11 Å². The second-order valence-electron chi connectivity index (χ2n) is 5.28. The second kappa shape index (κ2) is 4.05. The number of aryl methyl sites for hydroxylation is 1. The second-order valence-corrected chi connectivity index (χ2v) is 6.23. The van der Waals surface area contributed by atoms with Gasteiger partial charge in [0.2, 0.25) is 0 Å². The fourth-order valence-corrected chi connectivity index (χ4v) is 3.97. The Morgan fingerprint density at radius 3 is 2.50 bits per heavy atom. The molecule has 0 saturated carbocycles. The Kier molecular flexibility index (Phi) is 2.40. The lowest BCUT2D eigenvalue weighted by Crippen LogP contribution is -2.24. The van der Waals surface area contributed by atoms with E-state index in [9.17, 15) is 5.11 Å². The van der Waals surface area contributed by atoms with Crippen molar-refractivity contribution in [2.75, 3.05) is 0 Å². The Bertz CT molecular complexity index is 789. The molecule has 1 aliphatic rings. The summed E-state index contributed by atoms with van der Waals surface area (Å²) < 4.78 is 0. The number of thiophene rings is 1. The van der Waals surface area contributed by atoms with Crippen molar-refractivity contribution in [2.45, 2.75) is 12.5 Å². The van der Waals surface area contributed by atoms with Crippen LogP contribution in [0.5, 0.6) is 0 Å². The lowest BCUT2D eigenvalue weighted by Gasteiger charge is -2.24. The van der Waals surface area contributed by atoms with Crippen LogP contribution in [0.1, 0.15) is 21.6 Å². The van der Waals surface area contributed by atoms with Crippen LogP contribution in [0.25, 0.3) is 11.1 Å². The fourth-order valence-electron chi connectivity index (χ4n) is 3.12. The normalized spacial score (nSPS) is 19.7. The minimum Gasteiger partial charge on any atom is -0.375 e. The minimum absolute atomic E-state index is 0.981. The molecule has 1 nitrogen and oxygen atoms in total. The van der Waals surface area contributed by atoms with Crippen molar-refractivity contribution < 1.29 is 5.11 Å². The summed E-state index contributed by atoms with van der Waals surface area (Å²) in [6.07, 6.45) is 0. The van der Waals surface area contributed by atoms with Crippen LogP contribution in [0.2, 0.25) is 0 Å². The van der Waals surface area contributed by atoms with Crippen LogP contribution in [0, 0.1) is 6.92 Å². The molecule has 0 amide bonds. The lowest BCUT2D eigenvalue weighted by atomic mass is 9.89. The molecule has 0 aliphatic heterocycles. The zero-order chi connectivity index (χ0) is 13.7. The summed E-state index contributed by atoms with van der Waals surface area (Å²) >= 11 is 1.60. The lowest BCUT2D eigenvalue weighted by molar-refractivity contribution is 0.134. The first-order valence-corrected chi connectivity index (χ1v) is 7.56. The van der Waals surface area contributed by atoms with E-state index in [1.165, 1.54) is 5.56 Å². The Morgan fingerprint density at radius 1 is 0.900 bits per heavy atom. The van der Waals surface area contributed by atoms with Gasteiger partial charge in [-0.25, -0.2) is 0 Å². The summed E-state index contributed by atoms with van der Waals surface area (Å²) in [5, 5.41) is 13.5. The van der Waals surface area contributed by atoms with Gasteiger partial charge in [-0.2, -0.15) is 0 Å². The molecule has 1 atom stereocenters. The summed E-state index contributed by atoms with van der Waals surface area (Å²) in [6, 6.07) is 18.5. The highest BCUT2D eigenvalue weighted by Crippen LogP contribution is 2.51. The highest BCUT2D eigenvalue weighted by molar-refractivity contribution is 7.10. The molecular formula is C18H14OS. The van der Waals surface area contributed by atoms with Gasteiger partial charge in [0.1, 0.15) is 0 Å². The molecule has 98 valence electrons. The average Bonchev–Trinajstić information content (AvgIpc) is 3.07. The van der Waals surface area contributed by atoms with Crippen LogP contribution in [0.15, 0.2) is 60.0 Å². The van der Waals surface area contributed by atoms with Crippen molar-refractivity contribution in [1.82, 2.24) is 0 Å². The van der Waals surface area contributed by atoms with Crippen molar-refractivity contribution in [1.29, 1.82) is 0 Å². The van der Waals surface area contributed by atoms with Crippen LogP contribution < -0.4 is 0 Å². The first-order chi connectivity index (χ1) is 9.71. The standard InChI is InChI=1S/C18H14OS/c1-12-8-9-14-13-5-2-3-6-15(13)18(19,16(14)11-12)17-7-4-10-20-17/h2-11,19H,1H3. The zero-order valence-electron chi connectivity index (χ0n) is 11.1. The summed E-state index contributed by atoms with van der Waals surface area (Å²) in [7, 11) is 0. The van der Waals surface area contributed by atoms with Crippen LogP contribution in [0.3, 0.4) is 0 Å². The quantitative estimate of drug-likeness (QED) is 0.703. The van der Waals surface area contributed by atoms with Crippen molar-refractivity contribution >= 4 is 11.3 Å². The highest BCUT2D eigenvalue weighted by Gasteiger charge is 2.43. The molecule has 1 N–H and O–H groups in total. The zero-order valence-corrected chi connectivity index (χ0v) is 11.9. The van der Waals surface area contributed by atoms with E-state index >= 15 is 0 Å². The van der Waals surface area contributed by atoms with Crippen LogP contribution in [-0.2, 0) is 5.60 Å². The van der Waals surface area contributed by atoms with Crippen molar-refractivity contribution in [3.05, 3.63) is 81.5 Å². The number of hydrogen-bond acceptors (Lipinski definition) is 2. The highest BCUT2D eigenvalue weighted by atomic mass is 32.1. The average molecular weight is 278 g/mol. The van der Waals surface area contributed by atoms with Gasteiger partial charge in [0.25, 0.3) is 0 Å². The molecule has 3 aromatic rings. The third kappa shape index (κ3) is 1.41. The molecule has 0 saturated heterocycles. The van der Waals surface area contributed by atoms with E-state index in [2.05, 4.69) is 31.2 Å². The Morgan fingerprint density at radius 2 is 1.70 bits per heavy atom. The van der Waals surface area contributed by atoms with E-state index in [-0.39, 0.29) is 0 Å². The number of benzene rings is 2. The number of fused-ring (bicyclic) bond motifs is 3. The van der Waals surface area contributed by atoms with Gasteiger partial charge in [-0.15, -0.1) is 11.3 Å². The maximum absolute atomic E-state index is 11.5. The van der Waals surface area contributed by atoms with E-state index in [1.54, 1.807) is 11.3 Å². The smallest absolute Gasteiger partial charge is 0.150 e. The van der Waals surface area contributed by atoms with Crippen molar-refractivity contribution in [3.8, 4) is 11.1 Å². The minimum atomic E-state index is -1.01. The molecular weight excluding hydrogens is 264 g/mol. The molecule has 0 spiro atoms. The molecule has 1 aromatic heterocycles. The molecule has 1 aliphatic carbocycles. The van der Waals surface area contributed by atoms with Gasteiger partial charge in [-0.1, -0.05) is 54.1 Å². The topological polar surface area (TPSA) is 20.2 Å². The Labute approximate surface area is 122 Å². The third-order valence-electron chi connectivity index (χ3n) is 4.05. The summed E-state index contributed by atoms with van der Waals surface area (Å²) in [5.41, 5.74) is 4.43. The summed E-state index contributed by atoms with van der Waals surface area (Å²) in [4.78, 5) is 0.981. The summed E-state index contributed by atoms with van der Waals surface area (Å²) in [5.74, 6) is 0. The first-order valence-electron chi connectivity index (χ1n) is 6.68. The number of rotatable bonds is 1. The monoisotopic (exact) mass is 278 g/mol. The van der Waals surface area contributed by atoms with Gasteiger partial charge in [0.15, 0.2) is 5.60 Å². The van der Waals surface area contributed by atoms with E-state index in [1.807, 2.05) is 35.7 Å². The molecule has 2 aromatic carbocycles. The first kappa shape index (κ1) is 11.9. The van der Waals surface area contributed by atoms with E-state index < -0.39 is 5.60 Å². The van der Waals surface area contributed by atoms with E-state index in [4.69, 9.17) is 0 Å². The summed E-state index contributed by atoms with van der Waals surface area (Å²) in [6.45, 7) is 2.07. The number of aliphatic hydroxyl groups is 1. The molecule has 1 unspecified atom stereocenters. The van der Waals surface area contributed by atoms with Crippen molar-refractivity contribution in [3.63, 3.8) is 0 Å². The largest absolute Gasteiger partial charge is 0.375 e. The number of hydrogen-bond donors (Lipinski definition) is 1. The molecule has 1 heterocycles. The Hall–Kier alpha value is -1.90. The molecule has 0 bridgehead atoms. The Balaban J connectivity index is 2.12. The van der Waals surface area contributed by atoms with Gasteiger partial charge in [-0.05, 0) is 29.5 Å². The van der Waals surface area contributed by atoms with E-state index in [0.29, 0.717) is 0 Å². The van der Waals surface area contributed by atoms with Crippen LogP contribution in [-0.4, -0.2) is 5.11 Å². The van der Waals surface area contributed by atoms with E-state index in [0.717, 1.165) is 27.1 Å². The fraction of sp³-hybridized carbons (Fsp3) is 0.111. The van der Waals surface area contributed by atoms with Gasteiger partial charge in [-0.3, -0.25) is 0 Å². The van der Waals surface area contributed by atoms with Gasteiger partial charge >= 0.3 is 0 Å². The molecule has 2 heteroatoms. The molecule has 0 fully saturated rings. The SMILES string of the molecule is Cc1ccc2c(c1)C(O)(c1cccs1)c1ccccc1-2.